The van der Waals surface area contributed by atoms with Gasteiger partial charge in [-0.3, -0.25) is 4.68 Å². The van der Waals surface area contributed by atoms with Crippen molar-refractivity contribution in [2.45, 2.75) is 39.7 Å². The number of hydrogen-bond donors (Lipinski definition) is 0. The number of aryl methyl sites for hydroxylation is 4. The van der Waals surface area contributed by atoms with E-state index < -0.39 is 0 Å². The van der Waals surface area contributed by atoms with Gasteiger partial charge in [0.2, 0.25) is 0 Å². The van der Waals surface area contributed by atoms with Crippen LogP contribution >= 0.6 is 0 Å². The average Bonchev–Trinajstić information content (AvgIpc) is 3.18. The summed E-state index contributed by atoms with van der Waals surface area (Å²) < 4.78 is 4.24. The molecule has 0 fully saturated rings. The minimum Gasteiger partial charge on any atom is -0.374 e. The molecular weight excluding hydrogens is 322 g/mol. The normalized spacial score (nSPS) is 13.9. The molecule has 0 unspecified atom stereocenters. The van der Waals surface area contributed by atoms with Crippen molar-refractivity contribution in [2.75, 3.05) is 18.5 Å². The van der Waals surface area contributed by atoms with Crippen LogP contribution in [0.15, 0.2) is 30.7 Å². The zero-order chi connectivity index (χ0) is 18.3. The predicted molar refractivity (Wildman–Crippen MR) is 106 cm³/mol. The van der Waals surface area contributed by atoms with Gasteiger partial charge in [-0.25, -0.2) is 4.98 Å². The number of anilines is 1. The third kappa shape index (κ3) is 2.91. The van der Waals surface area contributed by atoms with Crippen LogP contribution in [0.25, 0.3) is 11.3 Å². The van der Waals surface area contributed by atoms with Gasteiger partial charge in [0.1, 0.15) is 0 Å². The predicted octanol–water partition coefficient (Wildman–Crippen LogP) is 3.53. The molecule has 0 saturated heterocycles. The molecule has 1 aliphatic heterocycles. The summed E-state index contributed by atoms with van der Waals surface area (Å²) in [7, 11) is 4.19. The minimum absolute atomic E-state index is 0.916. The Balaban J connectivity index is 1.59. The van der Waals surface area contributed by atoms with Crippen LogP contribution in [0.5, 0.6) is 0 Å². The van der Waals surface area contributed by atoms with E-state index in [-0.39, 0.29) is 0 Å². The van der Waals surface area contributed by atoms with E-state index >= 15 is 0 Å². The molecule has 1 aromatic carbocycles. The van der Waals surface area contributed by atoms with Gasteiger partial charge < -0.3 is 9.47 Å². The Morgan fingerprint density at radius 2 is 2.00 bits per heavy atom. The summed E-state index contributed by atoms with van der Waals surface area (Å²) in [6.07, 6.45) is 7.29. The second kappa shape index (κ2) is 6.63. The van der Waals surface area contributed by atoms with Gasteiger partial charge in [0.25, 0.3) is 0 Å². The molecule has 3 aromatic rings. The van der Waals surface area contributed by atoms with Crippen molar-refractivity contribution in [1.29, 1.82) is 0 Å². The summed E-state index contributed by atoms with van der Waals surface area (Å²) in [4.78, 5) is 6.77. The van der Waals surface area contributed by atoms with Crippen LogP contribution in [0.1, 0.15) is 28.9 Å². The lowest BCUT2D eigenvalue weighted by Crippen LogP contribution is -2.24. The summed E-state index contributed by atoms with van der Waals surface area (Å²) in [6.45, 7) is 6.30. The van der Waals surface area contributed by atoms with Crippen molar-refractivity contribution in [3.8, 4) is 11.3 Å². The van der Waals surface area contributed by atoms with Crippen molar-refractivity contribution in [3.63, 3.8) is 0 Å². The van der Waals surface area contributed by atoms with Crippen LogP contribution in [-0.4, -0.2) is 32.9 Å². The quantitative estimate of drug-likeness (QED) is 0.723. The third-order valence-corrected chi connectivity index (χ3v) is 5.70. The van der Waals surface area contributed by atoms with Crippen LogP contribution in [0.3, 0.4) is 0 Å². The summed E-state index contributed by atoms with van der Waals surface area (Å²) >= 11 is 0. The number of aromatic nitrogens is 4. The van der Waals surface area contributed by atoms with Crippen molar-refractivity contribution >= 4 is 5.69 Å². The molecule has 0 N–H and O–H groups in total. The molecule has 0 atom stereocenters. The molecule has 5 heteroatoms. The zero-order valence-corrected chi connectivity index (χ0v) is 16.2. The molecule has 0 saturated carbocycles. The molecule has 4 rings (SSSR count). The molecule has 26 heavy (non-hydrogen) atoms. The van der Waals surface area contributed by atoms with E-state index in [9.17, 15) is 0 Å². The summed E-state index contributed by atoms with van der Waals surface area (Å²) in [5, 5.41) is 4.53. The Morgan fingerprint density at radius 3 is 2.77 bits per heavy atom. The molecule has 2 aromatic heterocycles. The Labute approximate surface area is 155 Å². The molecule has 0 bridgehead atoms. The molecule has 5 nitrogen and oxygen atoms in total. The molecule has 0 spiro atoms. The van der Waals surface area contributed by atoms with Gasteiger partial charge in [0.15, 0.2) is 0 Å². The van der Waals surface area contributed by atoms with Crippen molar-refractivity contribution in [1.82, 2.24) is 19.3 Å². The molecular formula is C21H27N5. The molecule has 0 aliphatic carbocycles. The Bertz CT molecular complexity index is 934. The van der Waals surface area contributed by atoms with E-state index in [0.717, 1.165) is 31.6 Å². The van der Waals surface area contributed by atoms with Gasteiger partial charge >= 0.3 is 0 Å². The molecule has 136 valence electrons. The Kier molecular flexibility index (Phi) is 4.31. The highest BCUT2D eigenvalue weighted by Crippen LogP contribution is 2.31. The van der Waals surface area contributed by atoms with Gasteiger partial charge in [-0.15, -0.1) is 0 Å². The van der Waals surface area contributed by atoms with Crippen LogP contribution in [0.4, 0.5) is 5.69 Å². The fourth-order valence-corrected chi connectivity index (χ4v) is 4.10. The lowest BCUT2D eigenvalue weighted by atomic mass is 9.98. The van der Waals surface area contributed by atoms with Crippen LogP contribution < -0.4 is 4.90 Å². The van der Waals surface area contributed by atoms with Crippen molar-refractivity contribution < 1.29 is 0 Å². The fourth-order valence-electron chi connectivity index (χ4n) is 4.10. The largest absolute Gasteiger partial charge is 0.374 e. The number of rotatable bonds is 4. The van der Waals surface area contributed by atoms with E-state index in [1.807, 2.05) is 24.3 Å². The van der Waals surface area contributed by atoms with E-state index in [4.69, 9.17) is 0 Å². The molecule has 0 radical (unpaired) electrons. The summed E-state index contributed by atoms with van der Waals surface area (Å²) in [5.74, 6) is 0. The highest BCUT2D eigenvalue weighted by Gasteiger charge is 2.16. The fraction of sp³-hybridized carbons (Fsp3) is 0.429. The minimum atomic E-state index is 0.916. The lowest BCUT2D eigenvalue weighted by Gasteiger charge is -2.27. The van der Waals surface area contributed by atoms with Crippen molar-refractivity contribution in [3.05, 3.63) is 53.2 Å². The maximum atomic E-state index is 4.53. The smallest absolute Gasteiger partial charge is 0.0951 e. The van der Waals surface area contributed by atoms with Crippen LogP contribution in [0.2, 0.25) is 0 Å². The topological polar surface area (TPSA) is 38.9 Å². The van der Waals surface area contributed by atoms with Crippen LogP contribution in [0, 0.1) is 13.8 Å². The van der Waals surface area contributed by atoms with Gasteiger partial charge in [0, 0.05) is 44.1 Å². The molecule has 1 aliphatic rings. The monoisotopic (exact) mass is 349 g/mol. The lowest BCUT2D eigenvalue weighted by molar-refractivity contribution is 0.693. The first kappa shape index (κ1) is 16.9. The van der Waals surface area contributed by atoms with Gasteiger partial charge in [-0.1, -0.05) is 6.07 Å². The number of nitrogens with zero attached hydrogens (tertiary/aromatic N) is 5. The second-order valence-corrected chi connectivity index (χ2v) is 7.36. The van der Waals surface area contributed by atoms with E-state index in [0.29, 0.717) is 0 Å². The van der Waals surface area contributed by atoms with Gasteiger partial charge in [0.05, 0.1) is 23.9 Å². The number of imidazole rings is 1. The summed E-state index contributed by atoms with van der Waals surface area (Å²) in [5.41, 5.74) is 9.00. The molecule has 3 heterocycles. The van der Waals surface area contributed by atoms with Crippen LogP contribution in [-0.2, 0) is 26.4 Å². The van der Waals surface area contributed by atoms with Gasteiger partial charge in [-0.2, -0.15) is 5.10 Å². The highest BCUT2D eigenvalue weighted by molar-refractivity contribution is 5.67. The first-order chi connectivity index (χ1) is 12.5. The number of hydrogen-bond acceptors (Lipinski definition) is 3. The van der Waals surface area contributed by atoms with Crippen molar-refractivity contribution in [2.24, 2.45) is 7.05 Å². The SMILES string of the molecule is Cc1nn(C)c(C)c1CCn1cncc1-c1ccc2c(c1)CCCN2C. The standard InChI is InChI=1S/C21H27N5/c1-15-19(16(2)25(4)23-15)9-11-26-14-22-13-21(26)18-7-8-20-17(12-18)6-5-10-24(20)3/h7-8,12-14H,5-6,9-11H2,1-4H3. The van der Waals surface area contributed by atoms with E-state index in [1.165, 1.54) is 40.2 Å². The second-order valence-electron chi connectivity index (χ2n) is 7.36. The first-order valence-corrected chi connectivity index (χ1v) is 9.38. The maximum absolute atomic E-state index is 4.53. The Morgan fingerprint density at radius 1 is 1.15 bits per heavy atom. The first-order valence-electron chi connectivity index (χ1n) is 9.38. The maximum Gasteiger partial charge on any atom is 0.0951 e. The zero-order valence-electron chi connectivity index (χ0n) is 16.2. The highest BCUT2D eigenvalue weighted by atomic mass is 15.3. The van der Waals surface area contributed by atoms with E-state index in [1.54, 1.807) is 0 Å². The molecule has 0 amide bonds. The third-order valence-electron chi connectivity index (χ3n) is 5.70. The Hall–Kier alpha value is -2.56. The number of benzene rings is 1. The summed E-state index contributed by atoms with van der Waals surface area (Å²) in [6, 6.07) is 6.84. The average molecular weight is 349 g/mol. The number of fused-ring (bicyclic) bond motifs is 1. The van der Waals surface area contributed by atoms with Gasteiger partial charge in [-0.05, 0) is 56.4 Å². The van der Waals surface area contributed by atoms with E-state index in [2.05, 4.69) is 58.6 Å².